The minimum Gasteiger partial charge on any atom is -0.379 e. The van der Waals surface area contributed by atoms with E-state index in [4.69, 9.17) is 0 Å². The van der Waals surface area contributed by atoms with Crippen LogP contribution in [0.3, 0.4) is 0 Å². The molecule has 2 atom stereocenters. The van der Waals surface area contributed by atoms with Gasteiger partial charge < -0.3 is 5.32 Å². The lowest BCUT2D eigenvalue weighted by atomic mass is 9.86. The minimum atomic E-state index is 0.528. The molecule has 0 aromatic carbocycles. The Labute approximate surface area is 113 Å². The third-order valence-corrected chi connectivity index (χ3v) is 3.87. The number of rotatable bonds is 3. The van der Waals surface area contributed by atoms with E-state index in [9.17, 15) is 0 Å². The zero-order chi connectivity index (χ0) is 13.1. The molecule has 0 saturated heterocycles. The van der Waals surface area contributed by atoms with Crippen LogP contribution in [0.25, 0.3) is 5.82 Å². The van der Waals surface area contributed by atoms with E-state index in [-0.39, 0.29) is 0 Å². The molecule has 1 aliphatic carbocycles. The van der Waals surface area contributed by atoms with Crippen LogP contribution in [0.2, 0.25) is 0 Å². The van der Waals surface area contributed by atoms with Crippen LogP contribution in [0.15, 0.2) is 31.0 Å². The van der Waals surface area contributed by atoms with Crippen LogP contribution in [-0.2, 0) is 0 Å². The normalized spacial score (nSPS) is 23.2. The second kappa shape index (κ2) is 5.38. The number of nitrogens with zero attached hydrogens (tertiary/aromatic N) is 4. The van der Waals surface area contributed by atoms with Crippen molar-refractivity contribution in [3.8, 4) is 5.82 Å². The summed E-state index contributed by atoms with van der Waals surface area (Å²) in [6.45, 7) is 2.32. The van der Waals surface area contributed by atoms with Gasteiger partial charge in [0.05, 0.1) is 5.69 Å². The Morgan fingerprint density at radius 3 is 3.00 bits per heavy atom. The van der Waals surface area contributed by atoms with E-state index in [1.165, 1.54) is 32.0 Å². The van der Waals surface area contributed by atoms with Crippen molar-refractivity contribution in [3.63, 3.8) is 0 Å². The Morgan fingerprint density at radius 2 is 2.21 bits per heavy atom. The predicted molar refractivity (Wildman–Crippen MR) is 74.2 cm³/mol. The van der Waals surface area contributed by atoms with Crippen LogP contribution in [0, 0.1) is 5.92 Å². The number of hydrogen-bond donors (Lipinski definition) is 1. The molecule has 0 aliphatic heterocycles. The molecular formula is C14H19N5. The summed E-state index contributed by atoms with van der Waals surface area (Å²) >= 11 is 0. The first kappa shape index (κ1) is 12.1. The van der Waals surface area contributed by atoms with Crippen molar-refractivity contribution in [2.24, 2.45) is 5.92 Å². The van der Waals surface area contributed by atoms with Crippen molar-refractivity contribution in [1.29, 1.82) is 0 Å². The molecule has 5 nitrogen and oxygen atoms in total. The first-order valence-corrected chi connectivity index (χ1v) is 6.91. The van der Waals surface area contributed by atoms with Crippen molar-refractivity contribution in [3.05, 3.63) is 31.0 Å². The molecule has 2 heterocycles. The van der Waals surface area contributed by atoms with Crippen LogP contribution < -0.4 is 5.32 Å². The largest absolute Gasteiger partial charge is 0.379 e. The Kier molecular flexibility index (Phi) is 3.44. The SMILES string of the molecule is CC1CCCCC1Nc1cccnc1-n1cncn1. The zero-order valence-electron chi connectivity index (χ0n) is 11.2. The minimum absolute atomic E-state index is 0.528. The van der Waals surface area contributed by atoms with Gasteiger partial charge in [-0.25, -0.2) is 14.6 Å². The topological polar surface area (TPSA) is 55.6 Å². The summed E-state index contributed by atoms with van der Waals surface area (Å²) in [5.74, 6) is 1.52. The molecule has 5 heteroatoms. The lowest BCUT2D eigenvalue weighted by Crippen LogP contribution is -2.30. The maximum absolute atomic E-state index is 4.41. The van der Waals surface area contributed by atoms with E-state index < -0.39 is 0 Å². The average molecular weight is 257 g/mol. The number of pyridine rings is 1. The van der Waals surface area contributed by atoms with Crippen LogP contribution in [0.5, 0.6) is 0 Å². The fourth-order valence-electron chi connectivity index (χ4n) is 2.74. The van der Waals surface area contributed by atoms with E-state index in [0.717, 1.165) is 11.5 Å². The summed E-state index contributed by atoms with van der Waals surface area (Å²) in [6.07, 6.45) is 10.2. The quantitative estimate of drug-likeness (QED) is 0.918. The fraction of sp³-hybridized carbons (Fsp3) is 0.500. The van der Waals surface area contributed by atoms with E-state index in [1.807, 2.05) is 6.07 Å². The van der Waals surface area contributed by atoms with Gasteiger partial charge in [-0.05, 0) is 30.9 Å². The van der Waals surface area contributed by atoms with Crippen LogP contribution in [0.4, 0.5) is 5.69 Å². The summed E-state index contributed by atoms with van der Waals surface area (Å²) in [6, 6.07) is 4.54. The fourth-order valence-corrected chi connectivity index (χ4v) is 2.74. The van der Waals surface area contributed by atoms with Crippen LogP contribution in [0.1, 0.15) is 32.6 Å². The van der Waals surface area contributed by atoms with Crippen molar-refractivity contribution in [2.75, 3.05) is 5.32 Å². The van der Waals surface area contributed by atoms with E-state index >= 15 is 0 Å². The lowest BCUT2D eigenvalue weighted by molar-refractivity contribution is 0.349. The standard InChI is InChI=1S/C14H19N5/c1-11-5-2-3-6-12(11)18-13-7-4-8-16-14(13)19-10-15-9-17-19/h4,7-12,18H,2-3,5-6H2,1H3. The molecule has 1 aliphatic rings. The second-order valence-corrected chi connectivity index (χ2v) is 5.23. The first-order chi connectivity index (χ1) is 9.34. The van der Waals surface area contributed by atoms with E-state index in [1.54, 1.807) is 17.2 Å². The smallest absolute Gasteiger partial charge is 0.178 e. The lowest BCUT2D eigenvalue weighted by Gasteiger charge is -2.30. The summed E-state index contributed by atoms with van der Waals surface area (Å²) in [5.41, 5.74) is 1.03. The van der Waals surface area contributed by atoms with Gasteiger partial charge in [-0.1, -0.05) is 19.8 Å². The molecule has 0 radical (unpaired) electrons. The predicted octanol–water partition coefficient (Wildman–Crippen LogP) is 2.65. The van der Waals surface area contributed by atoms with Crippen molar-refractivity contribution < 1.29 is 0 Å². The Morgan fingerprint density at radius 1 is 1.32 bits per heavy atom. The molecule has 0 amide bonds. The molecule has 100 valence electrons. The number of anilines is 1. The van der Waals surface area contributed by atoms with Gasteiger partial charge in [0.25, 0.3) is 0 Å². The van der Waals surface area contributed by atoms with Crippen molar-refractivity contribution >= 4 is 5.69 Å². The Hall–Kier alpha value is -1.91. The molecule has 2 unspecified atom stereocenters. The van der Waals surface area contributed by atoms with Gasteiger partial charge in [-0.3, -0.25) is 0 Å². The summed E-state index contributed by atoms with van der Waals surface area (Å²) in [5, 5.41) is 7.80. The van der Waals surface area contributed by atoms with Crippen LogP contribution >= 0.6 is 0 Å². The summed E-state index contributed by atoms with van der Waals surface area (Å²) in [7, 11) is 0. The molecule has 1 fully saturated rings. The molecule has 3 rings (SSSR count). The monoisotopic (exact) mass is 257 g/mol. The molecular weight excluding hydrogens is 238 g/mol. The van der Waals surface area contributed by atoms with Crippen molar-refractivity contribution in [1.82, 2.24) is 19.7 Å². The number of aromatic nitrogens is 4. The molecule has 1 saturated carbocycles. The average Bonchev–Trinajstić information content (AvgIpc) is 2.96. The third kappa shape index (κ3) is 2.59. The number of nitrogens with one attached hydrogen (secondary N) is 1. The van der Waals surface area contributed by atoms with Gasteiger partial charge in [0, 0.05) is 12.2 Å². The highest BCUT2D eigenvalue weighted by Crippen LogP contribution is 2.28. The highest BCUT2D eigenvalue weighted by molar-refractivity contribution is 5.56. The van der Waals surface area contributed by atoms with Gasteiger partial charge in [0.1, 0.15) is 12.7 Å². The number of hydrogen-bond acceptors (Lipinski definition) is 4. The molecule has 19 heavy (non-hydrogen) atoms. The van der Waals surface area contributed by atoms with Gasteiger partial charge in [0.2, 0.25) is 0 Å². The van der Waals surface area contributed by atoms with Gasteiger partial charge in [0.15, 0.2) is 5.82 Å². The summed E-state index contributed by atoms with van der Waals surface area (Å²) in [4.78, 5) is 8.40. The van der Waals surface area contributed by atoms with Gasteiger partial charge in [-0.15, -0.1) is 0 Å². The van der Waals surface area contributed by atoms with E-state index in [0.29, 0.717) is 12.0 Å². The van der Waals surface area contributed by atoms with Crippen LogP contribution in [-0.4, -0.2) is 25.8 Å². The van der Waals surface area contributed by atoms with Crippen molar-refractivity contribution in [2.45, 2.75) is 38.6 Å². The van der Waals surface area contributed by atoms with Gasteiger partial charge in [-0.2, -0.15) is 5.10 Å². The maximum Gasteiger partial charge on any atom is 0.178 e. The third-order valence-electron chi connectivity index (χ3n) is 3.87. The molecule has 2 aromatic rings. The van der Waals surface area contributed by atoms with Gasteiger partial charge >= 0.3 is 0 Å². The maximum atomic E-state index is 4.41. The highest BCUT2D eigenvalue weighted by atomic mass is 15.3. The molecule has 1 N–H and O–H groups in total. The zero-order valence-corrected chi connectivity index (χ0v) is 11.2. The summed E-state index contributed by atoms with van der Waals surface area (Å²) < 4.78 is 1.70. The Bertz CT molecular complexity index is 522. The van der Waals surface area contributed by atoms with E-state index in [2.05, 4.69) is 33.4 Å². The highest BCUT2D eigenvalue weighted by Gasteiger charge is 2.22. The first-order valence-electron chi connectivity index (χ1n) is 6.91. The second-order valence-electron chi connectivity index (χ2n) is 5.23. The molecule has 2 aromatic heterocycles. The molecule has 0 spiro atoms. The Balaban J connectivity index is 1.84. The molecule has 0 bridgehead atoms.